The van der Waals surface area contributed by atoms with Gasteiger partial charge in [0.1, 0.15) is 23.0 Å². The van der Waals surface area contributed by atoms with Gasteiger partial charge in [-0.15, -0.1) is 0 Å². The smallest absolute Gasteiger partial charge is 0.254 e. The van der Waals surface area contributed by atoms with Crippen molar-refractivity contribution in [2.75, 3.05) is 13.1 Å². The zero-order valence-corrected chi connectivity index (χ0v) is 13.9. The molecule has 0 N–H and O–H groups in total. The summed E-state index contributed by atoms with van der Waals surface area (Å²) in [6.07, 6.45) is 2.41. The number of likely N-dealkylation sites (tertiary alicyclic amines) is 1. The third-order valence-electron chi connectivity index (χ3n) is 3.97. The first kappa shape index (κ1) is 14.9. The normalized spacial score (nSPS) is 17.4. The molecule has 1 amide bonds. The Labute approximate surface area is 142 Å². The van der Waals surface area contributed by atoms with Crippen LogP contribution in [0.5, 0.6) is 5.88 Å². The van der Waals surface area contributed by atoms with E-state index in [2.05, 4.69) is 18.7 Å². The van der Waals surface area contributed by atoms with Crippen molar-refractivity contribution in [2.24, 2.45) is 0 Å². The van der Waals surface area contributed by atoms with Gasteiger partial charge in [-0.05, 0) is 25.1 Å². The lowest BCUT2D eigenvalue weighted by Gasteiger charge is -2.17. The maximum Gasteiger partial charge on any atom is 0.254 e. The molecule has 3 heterocycles. The Morgan fingerprint density at radius 1 is 1.29 bits per heavy atom. The van der Waals surface area contributed by atoms with E-state index >= 15 is 0 Å². The van der Waals surface area contributed by atoms with Crippen molar-refractivity contribution >= 4 is 28.7 Å². The minimum Gasteiger partial charge on any atom is -0.472 e. The molecule has 8 heteroatoms. The highest BCUT2D eigenvalue weighted by molar-refractivity contribution is 7.00. The van der Waals surface area contributed by atoms with Gasteiger partial charge in [-0.2, -0.15) is 13.7 Å². The first-order chi connectivity index (χ1) is 11.7. The van der Waals surface area contributed by atoms with Crippen molar-refractivity contribution in [2.45, 2.75) is 19.4 Å². The number of ether oxygens (including phenoxy) is 1. The second-order valence-corrected chi connectivity index (χ2v) is 6.22. The van der Waals surface area contributed by atoms with Gasteiger partial charge >= 0.3 is 0 Å². The molecule has 0 aliphatic carbocycles. The molecule has 1 atom stereocenters. The summed E-state index contributed by atoms with van der Waals surface area (Å²) in [5.74, 6) is 1.22. The standard InChI is InChI=1S/C16H15N5O2S/c1-10-17-6-4-15(18-10)23-12-5-7-21(9-12)16(22)11-2-3-13-14(8-11)20-24-19-13/h2-4,6,8,12H,5,7,9H2,1H3. The van der Waals surface area contributed by atoms with Crippen LogP contribution in [0.15, 0.2) is 30.5 Å². The zero-order valence-electron chi connectivity index (χ0n) is 13.0. The molecule has 1 unspecified atom stereocenters. The monoisotopic (exact) mass is 341 g/mol. The Bertz CT molecular complexity index is 897. The van der Waals surface area contributed by atoms with Gasteiger partial charge in [-0.1, -0.05) is 0 Å². The summed E-state index contributed by atoms with van der Waals surface area (Å²) >= 11 is 1.15. The summed E-state index contributed by atoms with van der Waals surface area (Å²) in [6, 6.07) is 7.16. The van der Waals surface area contributed by atoms with E-state index in [1.807, 2.05) is 13.0 Å². The summed E-state index contributed by atoms with van der Waals surface area (Å²) in [5.41, 5.74) is 2.21. The maximum atomic E-state index is 12.7. The number of nitrogens with zero attached hydrogens (tertiary/aromatic N) is 5. The zero-order chi connectivity index (χ0) is 16.5. The number of aromatic nitrogens is 4. The molecule has 122 valence electrons. The van der Waals surface area contributed by atoms with Gasteiger partial charge in [-0.25, -0.2) is 4.98 Å². The second-order valence-electron chi connectivity index (χ2n) is 5.69. The molecule has 0 saturated carbocycles. The summed E-state index contributed by atoms with van der Waals surface area (Å²) < 4.78 is 14.2. The number of amides is 1. The molecule has 0 radical (unpaired) electrons. The molecule has 24 heavy (non-hydrogen) atoms. The van der Waals surface area contributed by atoms with E-state index in [9.17, 15) is 4.79 Å². The fraction of sp³-hybridized carbons (Fsp3) is 0.312. The van der Waals surface area contributed by atoms with Crippen LogP contribution in [0.1, 0.15) is 22.6 Å². The van der Waals surface area contributed by atoms with Crippen LogP contribution in [0, 0.1) is 6.92 Å². The molecular weight excluding hydrogens is 326 g/mol. The molecule has 3 aromatic rings. The molecule has 1 fully saturated rings. The van der Waals surface area contributed by atoms with Crippen LogP contribution in [0.25, 0.3) is 11.0 Å². The van der Waals surface area contributed by atoms with Gasteiger partial charge in [0.25, 0.3) is 5.91 Å². The number of hydrogen-bond acceptors (Lipinski definition) is 7. The van der Waals surface area contributed by atoms with Crippen LogP contribution in [-0.4, -0.2) is 48.7 Å². The molecular formula is C16H15N5O2S. The third kappa shape index (κ3) is 2.92. The van der Waals surface area contributed by atoms with Gasteiger partial charge in [0, 0.05) is 30.8 Å². The summed E-state index contributed by atoms with van der Waals surface area (Å²) in [7, 11) is 0. The molecule has 0 bridgehead atoms. The molecule has 1 aliphatic heterocycles. The van der Waals surface area contributed by atoms with Gasteiger partial charge in [0.2, 0.25) is 5.88 Å². The average molecular weight is 341 g/mol. The summed E-state index contributed by atoms with van der Waals surface area (Å²) in [5, 5.41) is 0. The molecule has 2 aromatic heterocycles. The SMILES string of the molecule is Cc1nccc(OC2CCN(C(=O)c3ccc4nsnc4c3)C2)n1. The highest BCUT2D eigenvalue weighted by atomic mass is 32.1. The van der Waals surface area contributed by atoms with E-state index in [1.165, 1.54) is 0 Å². The van der Waals surface area contributed by atoms with Crippen LogP contribution >= 0.6 is 11.7 Å². The van der Waals surface area contributed by atoms with Gasteiger partial charge in [0.15, 0.2) is 0 Å². The molecule has 7 nitrogen and oxygen atoms in total. The van der Waals surface area contributed by atoms with Crippen molar-refractivity contribution in [3.05, 3.63) is 41.9 Å². The lowest BCUT2D eigenvalue weighted by Crippen LogP contribution is -2.31. The predicted molar refractivity (Wildman–Crippen MR) is 89.1 cm³/mol. The van der Waals surface area contributed by atoms with E-state index in [0.717, 1.165) is 29.2 Å². The quantitative estimate of drug-likeness (QED) is 0.725. The summed E-state index contributed by atoms with van der Waals surface area (Å²) in [4.78, 5) is 22.8. The first-order valence-corrected chi connectivity index (χ1v) is 8.40. The number of carbonyl (C=O) groups is 1. The van der Waals surface area contributed by atoms with E-state index in [-0.39, 0.29) is 12.0 Å². The summed E-state index contributed by atoms with van der Waals surface area (Å²) in [6.45, 7) is 3.04. The van der Waals surface area contributed by atoms with Crippen molar-refractivity contribution < 1.29 is 9.53 Å². The average Bonchev–Trinajstić information content (AvgIpc) is 3.22. The second kappa shape index (κ2) is 6.12. The van der Waals surface area contributed by atoms with E-state index in [0.29, 0.717) is 30.4 Å². The molecule has 1 saturated heterocycles. The Kier molecular flexibility index (Phi) is 3.81. The Hall–Kier alpha value is -2.61. The van der Waals surface area contributed by atoms with Crippen LogP contribution < -0.4 is 4.74 Å². The highest BCUT2D eigenvalue weighted by Crippen LogP contribution is 2.20. The van der Waals surface area contributed by atoms with Gasteiger partial charge < -0.3 is 9.64 Å². The molecule has 4 rings (SSSR count). The molecule has 1 aliphatic rings. The van der Waals surface area contributed by atoms with Crippen LogP contribution in [0.4, 0.5) is 0 Å². The number of fused-ring (bicyclic) bond motifs is 1. The number of rotatable bonds is 3. The molecule has 1 aromatic carbocycles. The van der Waals surface area contributed by atoms with E-state index in [1.54, 1.807) is 29.3 Å². The maximum absolute atomic E-state index is 12.7. The minimum absolute atomic E-state index is 0.00475. The van der Waals surface area contributed by atoms with Crippen LogP contribution in [0.3, 0.4) is 0 Å². The largest absolute Gasteiger partial charge is 0.472 e. The lowest BCUT2D eigenvalue weighted by molar-refractivity contribution is 0.0771. The van der Waals surface area contributed by atoms with Crippen molar-refractivity contribution in [3.8, 4) is 5.88 Å². The predicted octanol–water partition coefficient (Wildman–Crippen LogP) is 2.08. The number of benzene rings is 1. The van der Waals surface area contributed by atoms with Crippen molar-refractivity contribution in [1.29, 1.82) is 0 Å². The number of hydrogen-bond donors (Lipinski definition) is 0. The van der Waals surface area contributed by atoms with Gasteiger partial charge in [-0.3, -0.25) is 4.79 Å². The van der Waals surface area contributed by atoms with Crippen molar-refractivity contribution in [1.82, 2.24) is 23.6 Å². The number of aryl methyl sites for hydroxylation is 1. The minimum atomic E-state index is -0.0482. The van der Waals surface area contributed by atoms with E-state index < -0.39 is 0 Å². The fourth-order valence-electron chi connectivity index (χ4n) is 2.78. The third-order valence-corrected chi connectivity index (χ3v) is 4.53. The van der Waals surface area contributed by atoms with Crippen LogP contribution in [0.2, 0.25) is 0 Å². The van der Waals surface area contributed by atoms with Crippen molar-refractivity contribution in [3.63, 3.8) is 0 Å². The highest BCUT2D eigenvalue weighted by Gasteiger charge is 2.28. The Morgan fingerprint density at radius 3 is 3.04 bits per heavy atom. The molecule has 0 spiro atoms. The number of carbonyl (C=O) groups excluding carboxylic acids is 1. The topological polar surface area (TPSA) is 81.1 Å². The Morgan fingerprint density at radius 2 is 2.17 bits per heavy atom. The Balaban J connectivity index is 1.44. The van der Waals surface area contributed by atoms with E-state index in [4.69, 9.17) is 4.74 Å². The fourth-order valence-corrected chi connectivity index (χ4v) is 3.29. The van der Waals surface area contributed by atoms with Gasteiger partial charge in [0.05, 0.1) is 18.3 Å². The first-order valence-electron chi connectivity index (χ1n) is 7.67. The van der Waals surface area contributed by atoms with Crippen LogP contribution in [-0.2, 0) is 0 Å². The lowest BCUT2D eigenvalue weighted by atomic mass is 10.2.